The number of benzene rings is 1. The lowest BCUT2D eigenvalue weighted by Crippen LogP contribution is -2.04. The molecular weight excluding hydrogens is 162 g/mol. The normalized spacial score (nSPS) is 13.1. The Labute approximate surface area is 76.6 Å². The van der Waals surface area contributed by atoms with Crippen molar-refractivity contribution >= 4 is 10.9 Å². The monoisotopic (exact) mass is 173 g/mol. The van der Waals surface area contributed by atoms with Gasteiger partial charge in [-0.15, -0.1) is 0 Å². The fourth-order valence-corrected chi connectivity index (χ4v) is 1.29. The van der Waals surface area contributed by atoms with Crippen LogP contribution in [0.25, 0.3) is 10.9 Å². The highest BCUT2D eigenvalue weighted by atomic mass is 14.8. The number of hydrogen-bond acceptors (Lipinski definition) is 3. The number of rotatable bonds is 1. The van der Waals surface area contributed by atoms with E-state index in [1.165, 1.54) is 0 Å². The Morgan fingerprint density at radius 1 is 1.38 bits per heavy atom. The SMILES string of the molecule is C[C@@H](N)c1ccc2ncncc2c1. The van der Waals surface area contributed by atoms with Gasteiger partial charge in [-0.25, -0.2) is 9.97 Å². The molecule has 0 aliphatic rings. The van der Waals surface area contributed by atoms with E-state index < -0.39 is 0 Å². The van der Waals surface area contributed by atoms with Crippen molar-refractivity contribution < 1.29 is 0 Å². The molecule has 0 saturated carbocycles. The maximum Gasteiger partial charge on any atom is 0.116 e. The van der Waals surface area contributed by atoms with Crippen LogP contribution in [0.1, 0.15) is 18.5 Å². The number of hydrogen-bond donors (Lipinski definition) is 1. The minimum Gasteiger partial charge on any atom is -0.324 e. The van der Waals surface area contributed by atoms with E-state index in [0.29, 0.717) is 0 Å². The molecule has 0 amide bonds. The van der Waals surface area contributed by atoms with Crippen LogP contribution in [0.4, 0.5) is 0 Å². The van der Waals surface area contributed by atoms with Gasteiger partial charge in [0, 0.05) is 17.6 Å². The van der Waals surface area contributed by atoms with Crippen LogP contribution in [-0.2, 0) is 0 Å². The molecule has 0 aliphatic heterocycles. The molecule has 2 N–H and O–H groups in total. The molecule has 0 aliphatic carbocycles. The second-order valence-electron chi connectivity index (χ2n) is 3.13. The molecule has 1 aromatic carbocycles. The number of nitrogens with two attached hydrogens (primary N) is 1. The van der Waals surface area contributed by atoms with Gasteiger partial charge in [0.05, 0.1) is 5.52 Å². The van der Waals surface area contributed by atoms with Crippen LogP contribution >= 0.6 is 0 Å². The Hall–Kier alpha value is -1.48. The van der Waals surface area contributed by atoms with Gasteiger partial charge in [-0.05, 0) is 24.6 Å². The zero-order valence-corrected chi connectivity index (χ0v) is 7.44. The lowest BCUT2D eigenvalue weighted by Gasteiger charge is -2.05. The number of nitrogens with zero attached hydrogens (tertiary/aromatic N) is 2. The van der Waals surface area contributed by atoms with Gasteiger partial charge in [0.1, 0.15) is 6.33 Å². The van der Waals surface area contributed by atoms with E-state index in [1.807, 2.05) is 25.1 Å². The van der Waals surface area contributed by atoms with Crippen molar-refractivity contribution in [3.63, 3.8) is 0 Å². The van der Waals surface area contributed by atoms with Gasteiger partial charge in [0.15, 0.2) is 0 Å². The molecule has 0 saturated heterocycles. The summed E-state index contributed by atoms with van der Waals surface area (Å²) in [6, 6.07) is 6.06. The second-order valence-corrected chi connectivity index (χ2v) is 3.13. The zero-order chi connectivity index (χ0) is 9.26. The Kier molecular flexibility index (Phi) is 1.94. The van der Waals surface area contributed by atoms with E-state index in [0.717, 1.165) is 16.5 Å². The third-order valence-electron chi connectivity index (χ3n) is 2.05. The van der Waals surface area contributed by atoms with Crippen molar-refractivity contribution in [1.29, 1.82) is 0 Å². The van der Waals surface area contributed by atoms with Gasteiger partial charge in [0.2, 0.25) is 0 Å². The molecule has 13 heavy (non-hydrogen) atoms. The minimum absolute atomic E-state index is 0.0598. The summed E-state index contributed by atoms with van der Waals surface area (Å²) in [4.78, 5) is 8.09. The quantitative estimate of drug-likeness (QED) is 0.713. The molecule has 0 radical (unpaired) electrons. The lowest BCUT2D eigenvalue weighted by atomic mass is 10.1. The summed E-state index contributed by atoms with van der Waals surface area (Å²) >= 11 is 0. The highest BCUT2D eigenvalue weighted by Crippen LogP contribution is 2.16. The molecule has 2 rings (SSSR count). The van der Waals surface area contributed by atoms with Gasteiger partial charge in [-0.3, -0.25) is 0 Å². The number of aromatic nitrogens is 2. The lowest BCUT2D eigenvalue weighted by molar-refractivity contribution is 0.819. The first-order valence-electron chi connectivity index (χ1n) is 4.22. The summed E-state index contributed by atoms with van der Waals surface area (Å²) in [5.74, 6) is 0. The molecule has 2 aromatic rings. The molecule has 66 valence electrons. The molecular formula is C10H11N3. The average molecular weight is 173 g/mol. The summed E-state index contributed by atoms with van der Waals surface area (Å²) < 4.78 is 0. The summed E-state index contributed by atoms with van der Waals surface area (Å²) in [6.45, 7) is 1.96. The minimum atomic E-state index is 0.0598. The van der Waals surface area contributed by atoms with Crippen molar-refractivity contribution in [1.82, 2.24) is 9.97 Å². The van der Waals surface area contributed by atoms with E-state index in [-0.39, 0.29) is 6.04 Å². The smallest absolute Gasteiger partial charge is 0.116 e. The second kappa shape index (κ2) is 3.11. The predicted octanol–water partition coefficient (Wildman–Crippen LogP) is 1.65. The van der Waals surface area contributed by atoms with Gasteiger partial charge < -0.3 is 5.73 Å². The van der Waals surface area contributed by atoms with Crippen LogP contribution in [0.2, 0.25) is 0 Å². The average Bonchev–Trinajstić information content (AvgIpc) is 2.17. The van der Waals surface area contributed by atoms with E-state index in [4.69, 9.17) is 5.73 Å². The van der Waals surface area contributed by atoms with Gasteiger partial charge in [-0.2, -0.15) is 0 Å². The molecule has 0 bridgehead atoms. The fourth-order valence-electron chi connectivity index (χ4n) is 1.29. The van der Waals surface area contributed by atoms with E-state index in [1.54, 1.807) is 12.5 Å². The van der Waals surface area contributed by atoms with Gasteiger partial charge in [-0.1, -0.05) is 6.07 Å². The molecule has 3 nitrogen and oxygen atoms in total. The van der Waals surface area contributed by atoms with Crippen LogP contribution in [0, 0.1) is 0 Å². The van der Waals surface area contributed by atoms with E-state index in [9.17, 15) is 0 Å². The van der Waals surface area contributed by atoms with Crippen molar-refractivity contribution in [2.45, 2.75) is 13.0 Å². The molecule has 0 fully saturated rings. The fraction of sp³-hybridized carbons (Fsp3) is 0.200. The summed E-state index contributed by atoms with van der Waals surface area (Å²) in [7, 11) is 0. The Morgan fingerprint density at radius 2 is 2.23 bits per heavy atom. The first-order chi connectivity index (χ1) is 6.27. The van der Waals surface area contributed by atoms with Crippen LogP contribution < -0.4 is 5.73 Å². The van der Waals surface area contributed by atoms with Crippen molar-refractivity contribution in [3.8, 4) is 0 Å². The van der Waals surface area contributed by atoms with Crippen LogP contribution in [0.5, 0.6) is 0 Å². The summed E-state index contributed by atoms with van der Waals surface area (Å²) in [5, 5.41) is 1.04. The summed E-state index contributed by atoms with van der Waals surface area (Å²) in [5.41, 5.74) is 7.83. The molecule has 1 heterocycles. The standard InChI is InChI=1S/C10H11N3/c1-7(11)8-2-3-10-9(4-8)5-12-6-13-10/h2-7H,11H2,1H3/t7-/m1/s1. The number of fused-ring (bicyclic) bond motifs is 1. The van der Waals surface area contributed by atoms with Gasteiger partial charge >= 0.3 is 0 Å². The Morgan fingerprint density at radius 3 is 3.00 bits per heavy atom. The van der Waals surface area contributed by atoms with Crippen LogP contribution in [-0.4, -0.2) is 9.97 Å². The first-order valence-corrected chi connectivity index (χ1v) is 4.22. The molecule has 1 aromatic heterocycles. The zero-order valence-electron chi connectivity index (χ0n) is 7.44. The molecule has 0 unspecified atom stereocenters. The van der Waals surface area contributed by atoms with E-state index >= 15 is 0 Å². The van der Waals surface area contributed by atoms with E-state index in [2.05, 4.69) is 9.97 Å². The first kappa shape index (κ1) is 8.13. The molecule has 1 atom stereocenters. The maximum absolute atomic E-state index is 5.76. The van der Waals surface area contributed by atoms with Gasteiger partial charge in [0.25, 0.3) is 0 Å². The highest BCUT2D eigenvalue weighted by Gasteiger charge is 2.00. The van der Waals surface area contributed by atoms with Crippen LogP contribution in [0.3, 0.4) is 0 Å². The molecule has 3 heteroatoms. The third-order valence-corrected chi connectivity index (χ3v) is 2.05. The van der Waals surface area contributed by atoms with Crippen molar-refractivity contribution in [2.75, 3.05) is 0 Å². The van der Waals surface area contributed by atoms with Crippen molar-refractivity contribution in [2.24, 2.45) is 5.73 Å². The maximum atomic E-state index is 5.76. The highest BCUT2D eigenvalue weighted by molar-refractivity contribution is 5.78. The largest absolute Gasteiger partial charge is 0.324 e. The predicted molar refractivity (Wildman–Crippen MR) is 52.1 cm³/mol. The third kappa shape index (κ3) is 1.51. The summed E-state index contributed by atoms with van der Waals surface area (Å²) in [6.07, 6.45) is 3.35. The van der Waals surface area contributed by atoms with Crippen LogP contribution in [0.15, 0.2) is 30.7 Å². The Balaban J connectivity index is 2.62. The molecule has 0 spiro atoms. The topological polar surface area (TPSA) is 51.8 Å². The Bertz CT molecular complexity index is 423. The van der Waals surface area contributed by atoms with Crippen molar-refractivity contribution in [3.05, 3.63) is 36.3 Å².